The Morgan fingerprint density at radius 1 is 1.11 bits per heavy atom. The Balaban J connectivity index is 1.68. The predicted molar refractivity (Wildman–Crippen MR) is 107 cm³/mol. The van der Waals surface area contributed by atoms with Gasteiger partial charge in [-0.15, -0.1) is 0 Å². The summed E-state index contributed by atoms with van der Waals surface area (Å²) in [5, 5.41) is -0.485. The molecule has 3 rings (SSSR count). The molecule has 1 heterocycles. The van der Waals surface area contributed by atoms with Gasteiger partial charge in [-0.25, -0.2) is 0 Å². The minimum Gasteiger partial charge on any atom is -0.489 e. The molecule has 2 aromatic carbocycles. The number of amides is 2. The van der Waals surface area contributed by atoms with Gasteiger partial charge in [-0.2, -0.15) is 0 Å². The van der Waals surface area contributed by atoms with Crippen molar-refractivity contribution in [2.45, 2.75) is 13.5 Å². The highest BCUT2D eigenvalue weighted by atomic mass is 32.2. The molecule has 2 aromatic rings. The Labute approximate surface area is 167 Å². The van der Waals surface area contributed by atoms with Crippen LogP contribution in [0.15, 0.2) is 59.5 Å². The summed E-state index contributed by atoms with van der Waals surface area (Å²) in [6.07, 6.45) is 1.62. The van der Waals surface area contributed by atoms with Crippen LogP contribution >= 0.6 is 11.8 Å². The molecule has 0 saturated carbocycles. The smallest absolute Gasteiger partial charge is 0.326 e. The van der Waals surface area contributed by atoms with Crippen LogP contribution in [-0.2, 0) is 20.9 Å². The van der Waals surface area contributed by atoms with Gasteiger partial charge in [-0.05, 0) is 48.0 Å². The number of imide groups is 1. The second-order valence-corrected chi connectivity index (χ2v) is 6.91. The fourth-order valence-corrected chi connectivity index (χ4v) is 3.40. The van der Waals surface area contributed by atoms with Crippen LogP contribution in [0.2, 0.25) is 0 Å². The largest absolute Gasteiger partial charge is 0.489 e. The van der Waals surface area contributed by atoms with Crippen molar-refractivity contribution in [2.24, 2.45) is 0 Å². The van der Waals surface area contributed by atoms with E-state index in [9.17, 15) is 14.4 Å². The van der Waals surface area contributed by atoms with Crippen LogP contribution in [0.5, 0.6) is 5.75 Å². The average Bonchev–Trinajstić information content (AvgIpc) is 2.95. The summed E-state index contributed by atoms with van der Waals surface area (Å²) >= 11 is 0.803. The van der Waals surface area contributed by atoms with Crippen LogP contribution in [-0.4, -0.2) is 35.2 Å². The minimum atomic E-state index is -0.609. The highest BCUT2D eigenvalue weighted by Gasteiger charge is 2.36. The summed E-state index contributed by atoms with van der Waals surface area (Å²) in [7, 11) is 0. The Morgan fingerprint density at radius 2 is 1.89 bits per heavy atom. The lowest BCUT2D eigenvalue weighted by Gasteiger charge is -2.10. The zero-order valence-corrected chi connectivity index (χ0v) is 16.1. The van der Waals surface area contributed by atoms with Gasteiger partial charge in [0.1, 0.15) is 18.9 Å². The second-order valence-electron chi connectivity index (χ2n) is 5.92. The predicted octanol–water partition coefficient (Wildman–Crippen LogP) is 3.87. The first kappa shape index (κ1) is 19.7. The van der Waals surface area contributed by atoms with Crippen LogP contribution in [0, 0.1) is 0 Å². The number of ether oxygens (including phenoxy) is 2. The van der Waals surface area contributed by atoms with E-state index in [2.05, 4.69) is 0 Å². The van der Waals surface area contributed by atoms with Gasteiger partial charge in [0.2, 0.25) is 0 Å². The number of carbonyl (C=O) groups excluding carboxylic acids is 3. The normalized spacial score (nSPS) is 15.2. The SMILES string of the molecule is CCOC(=O)CN1C(=O)S/C(=C/c2cccc(OCc3ccccc3)c2)C1=O. The van der Waals surface area contributed by atoms with E-state index in [0.717, 1.165) is 27.8 Å². The quantitative estimate of drug-likeness (QED) is 0.522. The first-order valence-corrected chi connectivity index (χ1v) is 9.56. The monoisotopic (exact) mass is 397 g/mol. The summed E-state index contributed by atoms with van der Waals surface area (Å²) in [5.41, 5.74) is 1.78. The molecule has 2 amide bonds. The Kier molecular flexibility index (Phi) is 6.49. The maximum atomic E-state index is 12.4. The van der Waals surface area contributed by atoms with E-state index in [0.29, 0.717) is 12.4 Å². The van der Waals surface area contributed by atoms with Crippen molar-refractivity contribution >= 4 is 35.0 Å². The van der Waals surface area contributed by atoms with Crippen LogP contribution in [0.3, 0.4) is 0 Å². The number of esters is 1. The summed E-state index contributed by atoms with van der Waals surface area (Å²) < 4.78 is 10.6. The van der Waals surface area contributed by atoms with Gasteiger partial charge in [-0.3, -0.25) is 19.3 Å². The number of benzene rings is 2. The van der Waals surface area contributed by atoms with Crippen molar-refractivity contribution in [3.63, 3.8) is 0 Å². The van der Waals surface area contributed by atoms with Crippen LogP contribution < -0.4 is 4.74 Å². The fraction of sp³-hybridized carbons (Fsp3) is 0.190. The summed E-state index contributed by atoms with van der Waals surface area (Å²) in [5.74, 6) is -0.454. The van der Waals surface area contributed by atoms with Crippen molar-refractivity contribution in [3.05, 3.63) is 70.6 Å². The average molecular weight is 397 g/mol. The number of hydrogen-bond acceptors (Lipinski definition) is 6. The molecule has 6 nitrogen and oxygen atoms in total. The Bertz CT molecular complexity index is 910. The molecule has 0 bridgehead atoms. The van der Waals surface area contributed by atoms with E-state index in [4.69, 9.17) is 9.47 Å². The van der Waals surface area contributed by atoms with Crippen molar-refractivity contribution in [1.29, 1.82) is 0 Å². The molecule has 0 N–H and O–H groups in total. The minimum absolute atomic E-state index is 0.195. The van der Waals surface area contributed by atoms with E-state index >= 15 is 0 Å². The first-order chi connectivity index (χ1) is 13.6. The van der Waals surface area contributed by atoms with Crippen molar-refractivity contribution in [1.82, 2.24) is 4.90 Å². The molecular weight excluding hydrogens is 378 g/mol. The topological polar surface area (TPSA) is 72.9 Å². The molecule has 0 spiro atoms. The molecular formula is C21H19NO5S. The van der Waals surface area contributed by atoms with Gasteiger partial charge < -0.3 is 9.47 Å². The lowest BCUT2D eigenvalue weighted by molar-refractivity contribution is -0.145. The fourth-order valence-electron chi connectivity index (χ4n) is 2.56. The third-order valence-electron chi connectivity index (χ3n) is 3.87. The van der Waals surface area contributed by atoms with Gasteiger partial charge in [-0.1, -0.05) is 42.5 Å². The first-order valence-electron chi connectivity index (χ1n) is 8.74. The highest BCUT2D eigenvalue weighted by molar-refractivity contribution is 8.18. The maximum absolute atomic E-state index is 12.4. The van der Waals surface area contributed by atoms with Crippen LogP contribution in [0.25, 0.3) is 6.08 Å². The van der Waals surface area contributed by atoms with E-state index in [1.807, 2.05) is 48.5 Å². The van der Waals surface area contributed by atoms with E-state index in [-0.39, 0.29) is 18.1 Å². The molecule has 1 aliphatic heterocycles. The molecule has 7 heteroatoms. The molecule has 0 radical (unpaired) electrons. The number of nitrogens with zero attached hydrogens (tertiary/aromatic N) is 1. The number of hydrogen-bond donors (Lipinski definition) is 0. The molecule has 144 valence electrons. The van der Waals surface area contributed by atoms with E-state index < -0.39 is 17.1 Å². The van der Waals surface area contributed by atoms with E-state index in [1.165, 1.54) is 0 Å². The van der Waals surface area contributed by atoms with Gasteiger partial charge in [0.25, 0.3) is 11.1 Å². The third kappa shape index (κ3) is 5.01. The number of rotatable bonds is 7. The third-order valence-corrected chi connectivity index (χ3v) is 4.78. The lowest BCUT2D eigenvalue weighted by Crippen LogP contribution is -2.34. The molecule has 0 aliphatic carbocycles. The Morgan fingerprint density at radius 3 is 2.64 bits per heavy atom. The number of carbonyl (C=O) groups is 3. The standard InChI is InChI=1S/C21H19NO5S/c1-2-26-19(23)13-22-20(24)18(28-21(22)25)12-16-9-6-10-17(11-16)27-14-15-7-4-3-5-8-15/h3-12H,2,13-14H2,1H3/b18-12+. The second kappa shape index (κ2) is 9.23. The molecule has 1 saturated heterocycles. The number of thioether (sulfide) groups is 1. The van der Waals surface area contributed by atoms with Crippen LogP contribution in [0.1, 0.15) is 18.1 Å². The summed E-state index contributed by atoms with van der Waals surface area (Å²) in [6.45, 7) is 1.91. The molecule has 1 aliphatic rings. The Hall–Kier alpha value is -3.06. The van der Waals surface area contributed by atoms with Gasteiger partial charge >= 0.3 is 5.97 Å². The van der Waals surface area contributed by atoms with E-state index in [1.54, 1.807) is 19.1 Å². The van der Waals surface area contributed by atoms with Crippen molar-refractivity contribution in [3.8, 4) is 5.75 Å². The van der Waals surface area contributed by atoms with Crippen molar-refractivity contribution < 1.29 is 23.9 Å². The molecule has 28 heavy (non-hydrogen) atoms. The zero-order valence-electron chi connectivity index (χ0n) is 15.3. The summed E-state index contributed by atoms with van der Waals surface area (Å²) in [6, 6.07) is 17.0. The van der Waals surface area contributed by atoms with Crippen LogP contribution in [0.4, 0.5) is 4.79 Å². The van der Waals surface area contributed by atoms with Gasteiger partial charge in [0, 0.05) is 0 Å². The molecule has 0 atom stereocenters. The molecule has 1 fully saturated rings. The maximum Gasteiger partial charge on any atom is 0.326 e. The lowest BCUT2D eigenvalue weighted by atomic mass is 10.2. The van der Waals surface area contributed by atoms with Gasteiger partial charge in [0.05, 0.1) is 11.5 Å². The van der Waals surface area contributed by atoms with Crippen molar-refractivity contribution in [2.75, 3.05) is 13.2 Å². The molecule has 0 aromatic heterocycles. The zero-order chi connectivity index (χ0) is 19.9. The molecule has 0 unspecified atom stereocenters. The summed E-state index contributed by atoms with van der Waals surface area (Å²) in [4.78, 5) is 37.2. The van der Waals surface area contributed by atoms with Gasteiger partial charge in [0.15, 0.2) is 0 Å². The highest BCUT2D eigenvalue weighted by Crippen LogP contribution is 2.32.